The summed E-state index contributed by atoms with van der Waals surface area (Å²) in [6.07, 6.45) is 1.90. The second-order valence-corrected chi connectivity index (χ2v) is 10.1. The lowest BCUT2D eigenvalue weighted by Crippen LogP contribution is -2.26. The summed E-state index contributed by atoms with van der Waals surface area (Å²) in [5.74, 6) is 0.656. The molecule has 1 atom stereocenters. The maximum Gasteiger partial charge on any atom is 0.194 e. The fourth-order valence-corrected chi connectivity index (χ4v) is 5.39. The standard InChI is InChI=1S/C30H29ClF3NO3/c1-19-3-8-23(27(33)15-19)24-10-14-36-28-17-29(38-34)26(31)16-25(28)30(24)20-4-6-21(7-5-20)37-22-9-13-35(18-22)12-2-11-32/h3-8,15-17,22H,2,9-14,18H2,1H3. The Labute approximate surface area is 225 Å². The van der Waals surface area contributed by atoms with Gasteiger partial charge in [0, 0.05) is 47.8 Å². The number of aryl methyl sites for hydroxylation is 1. The fraction of sp³-hybridized carbons (Fsp3) is 0.333. The van der Waals surface area contributed by atoms with Gasteiger partial charge in [-0.3, -0.25) is 14.2 Å². The van der Waals surface area contributed by atoms with Crippen LogP contribution in [0.4, 0.5) is 13.3 Å². The van der Waals surface area contributed by atoms with E-state index in [-0.39, 0.29) is 36.0 Å². The van der Waals surface area contributed by atoms with Crippen molar-refractivity contribution in [2.75, 3.05) is 32.9 Å². The van der Waals surface area contributed by atoms with E-state index >= 15 is 4.39 Å². The molecule has 0 spiro atoms. The van der Waals surface area contributed by atoms with Gasteiger partial charge in [0.05, 0.1) is 18.3 Å². The molecule has 2 aliphatic heterocycles. The van der Waals surface area contributed by atoms with Crippen molar-refractivity contribution in [2.45, 2.75) is 32.3 Å². The maximum atomic E-state index is 15.2. The van der Waals surface area contributed by atoms with Gasteiger partial charge in [0.15, 0.2) is 5.75 Å². The molecule has 0 bridgehead atoms. The van der Waals surface area contributed by atoms with Crippen LogP contribution in [0.3, 0.4) is 0 Å². The van der Waals surface area contributed by atoms with E-state index in [0.717, 1.165) is 54.1 Å². The van der Waals surface area contributed by atoms with Gasteiger partial charge in [0.1, 0.15) is 23.4 Å². The second kappa shape index (κ2) is 11.7. The minimum atomic E-state index is -0.325. The van der Waals surface area contributed by atoms with Crippen molar-refractivity contribution in [3.63, 3.8) is 0 Å². The van der Waals surface area contributed by atoms with E-state index < -0.39 is 0 Å². The number of hydrogen-bond acceptors (Lipinski definition) is 4. The molecule has 38 heavy (non-hydrogen) atoms. The highest BCUT2D eigenvalue weighted by molar-refractivity contribution is 6.32. The minimum Gasteiger partial charge on any atom is -0.492 e. The number of likely N-dealkylation sites (tertiary alicyclic amines) is 1. The number of fused-ring (bicyclic) bond motifs is 1. The van der Waals surface area contributed by atoms with Gasteiger partial charge >= 0.3 is 0 Å². The van der Waals surface area contributed by atoms with Crippen molar-refractivity contribution in [3.8, 4) is 17.2 Å². The van der Waals surface area contributed by atoms with E-state index in [1.165, 1.54) is 12.1 Å². The Morgan fingerprint density at radius 1 is 1.08 bits per heavy atom. The first kappa shape index (κ1) is 26.4. The Bertz CT molecular complexity index is 1330. The molecule has 200 valence electrons. The normalized spacial score (nSPS) is 17.7. The maximum absolute atomic E-state index is 15.2. The number of nitrogens with zero attached hydrogens (tertiary/aromatic N) is 1. The molecule has 2 aliphatic rings. The average molecular weight is 544 g/mol. The SMILES string of the molecule is Cc1ccc(C2=C(c3ccc(OC4CCN(CCCF)C4)cc3)c3cc(Cl)c(OF)cc3OCC2)c(F)c1. The number of halogens is 4. The summed E-state index contributed by atoms with van der Waals surface area (Å²) in [6, 6.07) is 15.8. The zero-order valence-corrected chi connectivity index (χ0v) is 21.9. The largest absolute Gasteiger partial charge is 0.492 e. The first-order valence-corrected chi connectivity index (χ1v) is 13.1. The molecular formula is C30H29ClF3NO3. The lowest BCUT2D eigenvalue weighted by Gasteiger charge is -2.18. The average Bonchev–Trinajstić information content (AvgIpc) is 3.27. The quantitative estimate of drug-likeness (QED) is 0.293. The first-order chi connectivity index (χ1) is 18.5. The summed E-state index contributed by atoms with van der Waals surface area (Å²) in [4.78, 5) is 6.13. The number of ether oxygens (including phenoxy) is 2. The van der Waals surface area contributed by atoms with Crippen LogP contribution >= 0.6 is 11.6 Å². The van der Waals surface area contributed by atoms with E-state index in [2.05, 4.69) is 9.84 Å². The van der Waals surface area contributed by atoms with Crippen LogP contribution in [0, 0.1) is 12.7 Å². The minimum absolute atomic E-state index is 0.0434. The van der Waals surface area contributed by atoms with Crippen LogP contribution in [-0.2, 0) is 0 Å². The molecule has 2 heterocycles. The molecule has 1 fully saturated rings. The molecule has 4 nitrogen and oxygen atoms in total. The molecule has 5 rings (SSSR count). The van der Waals surface area contributed by atoms with E-state index in [0.29, 0.717) is 29.7 Å². The second-order valence-electron chi connectivity index (χ2n) is 9.69. The molecule has 8 heteroatoms. The van der Waals surface area contributed by atoms with Crippen LogP contribution in [0.1, 0.15) is 41.5 Å². The van der Waals surface area contributed by atoms with Gasteiger partial charge in [-0.15, -0.1) is 0 Å². The molecule has 3 aromatic carbocycles. The van der Waals surface area contributed by atoms with Crippen molar-refractivity contribution in [2.24, 2.45) is 0 Å². The van der Waals surface area contributed by atoms with Crippen molar-refractivity contribution in [3.05, 3.63) is 87.7 Å². The van der Waals surface area contributed by atoms with E-state index in [1.54, 1.807) is 12.1 Å². The highest BCUT2D eigenvalue weighted by atomic mass is 35.5. The highest BCUT2D eigenvalue weighted by Gasteiger charge is 2.26. The molecule has 0 radical (unpaired) electrons. The number of alkyl halides is 1. The molecule has 0 aliphatic carbocycles. The number of benzene rings is 3. The molecular weight excluding hydrogens is 515 g/mol. The lowest BCUT2D eigenvalue weighted by atomic mass is 9.87. The molecule has 0 amide bonds. The number of rotatable bonds is 8. The van der Waals surface area contributed by atoms with Crippen LogP contribution in [-0.4, -0.2) is 43.9 Å². The Kier molecular flexibility index (Phi) is 8.15. The third kappa shape index (κ3) is 5.64. The molecule has 0 aromatic heterocycles. The van der Waals surface area contributed by atoms with Gasteiger partial charge in [0.2, 0.25) is 0 Å². The third-order valence-corrected chi connectivity index (χ3v) is 7.33. The third-order valence-electron chi connectivity index (χ3n) is 7.03. The van der Waals surface area contributed by atoms with Crippen LogP contribution < -0.4 is 14.4 Å². The summed E-state index contributed by atoms with van der Waals surface area (Å²) in [7, 11) is 0. The van der Waals surface area contributed by atoms with E-state index in [9.17, 15) is 8.92 Å². The zero-order chi connectivity index (χ0) is 26.6. The zero-order valence-electron chi connectivity index (χ0n) is 21.1. The van der Waals surface area contributed by atoms with Crippen LogP contribution in [0.15, 0.2) is 54.6 Å². The van der Waals surface area contributed by atoms with Crippen LogP contribution in [0.5, 0.6) is 17.2 Å². The Morgan fingerprint density at radius 2 is 1.89 bits per heavy atom. The predicted octanol–water partition coefficient (Wildman–Crippen LogP) is 7.61. The van der Waals surface area contributed by atoms with Gasteiger partial charge in [-0.1, -0.05) is 35.9 Å². The van der Waals surface area contributed by atoms with Gasteiger partial charge in [0.25, 0.3) is 0 Å². The van der Waals surface area contributed by atoms with Gasteiger partial charge < -0.3 is 9.47 Å². The number of hydrogen-bond donors (Lipinski definition) is 0. The molecule has 0 saturated carbocycles. The summed E-state index contributed by atoms with van der Waals surface area (Å²) in [6.45, 7) is 4.20. The van der Waals surface area contributed by atoms with Crippen LogP contribution in [0.2, 0.25) is 5.02 Å². The van der Waals surface area contributed by atoms with Crippen molar-refractivity contribution in [1.82, 2.24) is 4.90 Å². The summed E-state index contributed by atoms with van der Waals surface area (Å²) < 4.78 is 52.9. The highest BCUT2D eigenvalue weighted by Crippen LogP contribution is 2.45. The monoisotopic (exact) mass is 543 g/mol. The smallest absolute Gasteiger partial charge is 0.194 e. The fourth-order valence-electron chi connectivity index (χ4n) is 5.20. The Hall–Kier alpha value is -3.16. The van der Waals surface area contributed by atoms with Crippen molar-refractivity contribution < 1.29 is 27.7 Å². The van der Waals surface area contributed by atoms with Gasteiger partial charge in [-0.2, -0.15) is 0 Å². The molecule has 3 aromatic rings. The molecule has 1 unspecified atom stereocenters. The van der Waals surface area contributed by atoms with Crippen molar-refractivity contribution in [1.29, 1.82) is 0 Å². The predicted molar refractivity (Wildman–Crippen MR) is 143 cm³/mol. The first-order valence-electron chi connectivity index (χ1n) is 12.8. The topological polar surface area (TPSA) is 30.9 Å². The Morgan fingerprint density at radius 3 is 2.63 bits per heavy atom. The van der Waals surface area contributed by atoms with Gasteiger partial charge in [-0.25, -0.2) is 4.39 Å². The lowest BCUT2D eigenvalue weighted by molar-refractivity contribution is -0.00633. The van der Waals surface area contributed by atoms with E-state index in [4.69, 9.17) is 21.1 Å². The summed E-state index contributed by atoms with van der Waals surface area (Å²) >= 11 is 6.32. The van der Waals surface area contributed by atoms with Crippen molar-refractivity contribution >= 4 is 22.7 Å². The van der Waals surface area contributed by atoms with Gasteiger partial charge in [-0.05, 0) is 66.3 Å². The Balaban J connectivity index is 1.52. The molecule has 1 saturated heterocycles. The van der Waals surface area contributed by atoms with Crippen LogP contribution in [0.25, 0.3) is 11.1 Å². The van der Waals surface area contributed by atoms with E-state index in [1.807, 2.05) is 37.3 Å². The summed E-state index contributed by atoms with van der Waals surface area (Å²) in [5.41, 5.74) is 4.25. The molecule has 0 N–H and O–H groups in total. The summed E-state index contributed by atoms with van der Waals surface area (Å²) in [5, 5.41) is 0.0801.